The summed E-state index contributed by atoms with van der Waals surface area (Å²) in [5.74, 6) is 0.827. The van der Waals surface area contributed by atoms with Gasteiger partial charge in [-0.3, -0.25) is 4.57 Å². The van der Waals surface area contributed by atoms with Crippen molar-refractivity contribution in [3.05, 3.63) is 63.4 Å². The van der Waals surface area contributed by atoms with Gasteiger partial charge in [-0.1, -0.05) is 19.1 Å². The summed E-state index contributed by atoms with van der Waals surface area (Å²) in [6, 6.07) is 9.48. The summed E-state index contributed by atoms with van der Waals surface area (Å²) in [7, 11) is 1.64. The number of aryl methyl sites for hydroxylation is 2. The monoisotopic (exact) mass is 420 g/mol. The average molecular weight is 420 g/mol. The molecule has 0 atom stereocenters. The Bertz CT molecular complexity index is 1230. The van der Waals surface area contributed by atoms with E-state index in [0.717, 1.165) is 17.7 Å². The fourth-order valence-corrected chi connectivity index (χ4v) is 3.95. The Morgan fingerprint density at radius 3 is 2.94 bits per heavy atom. The molecule has 0 amide bonds. The Kier molecular flexibility index (Phi) is 5.89. The quantitative estimate of drug-likeness (QED) is 0.639. The molecule has 0 bridgehead atoms. The van der Waals surface area contributed by atoms with Crippen molar-refractivity contribution < 1.29 is 14.6 Å². The van der Waals surface area contributed by atoms with E-state index in [9.17, 15) is 4.79 Å². The normalized spacial score (nSPS) is 13.5. The molecule has 0 aliphatic carbocycles. The number of nitrogens with zero attached hydrogens (tertiary/aromatic N) is 4. The molecule has 160 valence electrons. The third kappa shape index (κ3) is 3.74. The smallest absolute Gasteiger partial charge is 0.349 e. The molecule has 1 aromatic heterocycles. The number of ether oxygens (including phenoxy) is 2. The largest absolute Gasteiger partial charge is 0.502 e. The van der Waals surface area contributed by atoms with Crippen molar-refractivity contribution >= 4 is 28.1 Å². The predicted molar refractivity (Wildman–Crippen MR) is 118 cm³/mol. The van der Waals surface area contributed by atoms with Crippen LogP contribution in [0.4, 0.5) is 17.2 Å². The van der Waals surface area contributed by atoms with Crippen molar-refractivity contribution in [2.45, 2.75) is 20.0 Å². The fraction of sp³-hybridized carbons (Fsp3) is 0.348. The fourth-order valence-electron chi connectivity index (χ4n) is 3.95. The van der Waals surface area contributed by atoms with Crippen molar-refractivity contribution in [2.24, 2.45) is 7.05 Å². The molecule has 1 N–H and O–H groups in total. The van der Waals surface area contributed by atoms with Gasteiger partial charge in [-0.15, -0.1) is 0 Å². The molecule has 0 fully saturated rings. The molecule has 0 saturated heterocycles. The topological polar surface area (TPSA) is 81.2 Å². The molecule has 31 heavy (non-hydrogen) atoms. The zero-order valence-electron chi connectivity index (χ0n) is 17.6. The van der Waals surface area contributed by atoms with Crippen LogP contribution >= 0.6 is 0 Å². The van der Waals surface area contributed by atoms with Crippen molar-refractivity contribution in [1.82, 2.24) is 9.55 Å². The van der Waals surface area contributed by atoms with E-state index in [1.807, 2.05) is 17.0 Å². The highest BCUT2D eigenvalue weighted by atomic mass is 16.5. The van der Waals surface area contributed by atoms with Gasteiger partial charge in [0, 0.05) is 30.2 Å². The van der Waals surface area contributed by atoms with Gasteiger partial charge in [-0.2, -0.15) is 4.98 Å². The zero-order chi connectivity index (χ0) is 22.0. The molecule has 0 unspecified atom stereocenters. The van der Waals surface area contributed by atoms with Gasteiger partial charge < -0.3 is 19.5 Å². The molecular weight excluding hydrogens is 396 g/mol. The van der Waals surface area contributed by atoms with Gasteiger partial charge in [-0.25, -0.2) is 9.64 Å². The average Bonchev–Trinajstić information content (AvgIpc) is 3.02. The first-order valence-electron chi connectivity index (χ1n) is 10.2. The first-order chi connectivity index (χ1) is 15.1. The summed E-state index contributed by atoms with van der Waals surface area (Å²) in [6.45, 7) is 11.1. The van der Waals surface area contributed by atoms with Crippen molar-refractivity contribution in [1.29, 1.82) is 0 Å². The number of aliphatic hydroxyl groups is 1. The Morgan fingerprint density at radius 1 is 1.35 bits per heavy atom. The number of rotatable bonds is 5. The number of fused-ring (bicyclic) bond motifs is 2. The maximum Gasteiger partial charge on any atom is 0.349 e. The highest BCUT2D eigenvalue weighted by Crippen LogP contribution is 2.39. The third-order valence-corrected chi connectivity index (χ3v) is 5.52. The summed E-state index contributed by atoms with van der Waals surface area (Å²) >= 11 is 0. The lowest BCUT2D eigenvalue weighted by Gasteiger charge is -2.26. The van der Waals surface area contributed by atoms with Crippen LogP contribution in [0, 0.1) is 6.57 Å². The molecule has 0 radical (unpaired) electrons. The van der Waals surface area contributed by atoms with Gasteiger partial charge in [0.25, 0.3) is 0 Å². The third-order valence-electron chi connectivity index (χ3n) is 5.52. The van der Waals surface area contributed by atoms with E-state index in [4.69, 9.17) is 21.2 Å². The maximum atomic E-state index is 12.7. The minimum atomic E-state index is -0.399. The first-order valence-corrected chi connectivity index (χ1v) is 10.2. The molecular formula is C23H24N4O4. The van der Waals surface area contributed by atoms with Gasteiger partial charge in [0.1, 0.15) is 18.2 Å². The van der Waals surface area contributed by atoms with Crippen molar-refractivity contribution in [3.8, 4) is 5.75 Å². The lowest BCUT2D eigenvalue weighted by atomic mass is 10.0. The second-order valence-corrected chi connectivity index (χ2v) is 7.27. The van der Waals surface area contributed by atoms with Gasteiger partial charge >= 0.3 is 5.69 Å². The van der Waals surface area contributed by atoms with E-state index < -0.39 is 5.69 Å². The zero-order valence-corrected chi connectivity index (χ0v) is 17.6. The minimum absolute atomic E-state index is 0.0660. The lowest BCUT2D eigenvalue weighted by Crippen LogP contribution is -2.28. The number of aromatic nitrogens is 2. The summed E-state index contributed by atoms with van der Waals surface area (Å²) in [4.78, 5) is 22.7. The molecule has 0 spiro atoms. The van der Waals surface area contributed by atoms with Crippen LogP contribution in [0.15, 0.2) is 35.1 Å². The lowest BCUT2D eigenvalue weighted by molar-refractivity contribution is 0.132. The second-order valence-electron chi connectivity index (χ2n) is 7.27. The molecule has 8 heteroatoms. The number of hydrogen-bond donors (Lipinski definition) is 1. The number of aliphatic hydroxyl groups excluding tert-OH is 1. The summed E-state index contributed by atoms with van der Waals surface area (Å²) in [5.41, 5.74) is 3.75. The van der Waals surface area contributed by atoms with Crippen LogP contribution in [0.3, 0.4) is 0 Å². The predicted octanol–water partition coefficient (Wildman–Crippen LogP) is 3.09. The van der Waals surface area contributed by atoms with Crippen LogP contribution in [0.25, 0.3) is 15.7 Å². The number of benzene rings is 2. The molecule has 2 aromatic carbocycles. The molecule has 1 aliphatic heterocycles. The van der Waals surface area contributed by atoms with E-state index >= 15 is 0 Å². The van der Waals surface area contributed by atoms with E-state index in [1.165, 1.54) is 10.1 Å². The maximum absolute atomic E-state index is 12.7. The molecule has 8 nitrogen and oxygen atoms in total. The molecule has 3 aromatic rings. The highest BCUT2D eigenvalue weighted by molar-refractivity contribution is 5.96. The van der Waals surface area contributed by atoms with E-state index in [0.29, 0.717) is 47.9 Å². The Balaban J connectivity index is 1.98. The van der Waals surface area contributed by atoms with Gasteiger partial charge in [0.15, 0.2) is 0 Å². The van der Waals surface area contributed by atoms with E-state index in [-0.39, 0.29) is 13.2 Å². The van der Waals surface area contributed by atoms with Crippen LogP contribution in [0.1, 0.15) is 18.1 Å². The minimum Gasteiger partial charge on any atom is -0.502 e. The Labute approximate surface area is 180 Å². The number of anilines is 2. The summed E-state index contributed by atoms with van der Waals surface area (Å²) in [5, 5.41) is 9.77. The van der Waals surface area contributed by atoms with Crippen LogP contribution < -0.4 is 15.3 Å². The van der Waals surface area contributed by atoms with Gasteiger partial charge in [0.05, 0.1) is 31.9 Å². The summed E-state index contributed by atoms with van der Waals surface area (Å²) < 4.78 is 12.8. The standard InChI is InChI=1S/C23H24N4O4/c1-4-15-6-5-7-19-17(15)14-30-10-8-27(19)22-16-12-18(24-2)21(31-11-9-28)13-20(16)26(3)23(29)25-22/h5-7,12-13,28H,4,8-11,14H2,1,3H3. The molecule has 2 heterocycles. The van der Waals surface area contributed by atoms with Crippen molar-refractivity contribution in [2.75, 3.05) is 31.3 Å². The molecule has 4 rings (SSSR count). The van der Waals surface area contributed by atoms with Crippen LogP contribution in [-0.2, 0) is 24.8 Å². The summed E-state index contributed by atoms with van der Waals surface area (Å²) in [6.07, 6.45) is 0.874. The number of hydrogen-bond acceptors (Lipinski definition) is 6. The van der Waals surface area contributed by atoms with E-state index in [2.05, 4.69) is 22.8 Å². The van der Waals surface area contributed by atoms with Crippen LogP contribution in [0.2, 0.25) is 0 Å². The molecule has 0 saturated carbocycles. The Hall–Kier alpha value is -3.41. The molecule has 1 aliphatic rings. The van der Waals surface area contributed by atoms with Gasteiger partial charge in [-0.05, 0) is 30.2 Å². The van der Waals surface area contributed by atoms with Crippen LogP contribution in [0.5, 0.6) is 5.75 Å². The SMILES string of the molecule is [C-]#[N+]c1cc2c(N3CCOCc4c(CC)cccc43)nc(=O)n(C)c2cc1OCCO. The van der Waals surface area contributed by atoms with E-state index in [1.54, 1.807) is 19.2 Å². The highest BCUT2D eigenvalue weighted by Gasteiger charge is 2.24. The van der Waals surface area contributed by atoms with Crippen LogP contribution in [-0.4, -0.2) is 41.0 Å². The Morgan fingerprint density at radius 2 is 2.19 bits per heavy atom. The van der Waals surface area contributed by atoms with Gasteiger partial charge in [0.2, 0.25) is 5.69 Å². The first kappa shape index (κ1) is 20.8. The van der Waals surface area contributed by atoms with Crippen molar-refractivity contribution in [3.63, 3.8) is 0 Å². The second kappa shape index (κ2) is 8.76.